The van der Waals surface area contributed by atoms with Gasteiger partial charge in [0.15, 0.2) is 5.82 Å². The Hall–Kier alpha value is -2.77. The molecule has 0 saturated carbocycles. The molecule has 0 atom stereocenters. The second kappa shape index (κ2) is 7.33. The summed E-state index contributed by atoms with van der Waals surface area (Å²) in [7, 11) is -4.61. The predicted molar refractivity (Wildman–Crippen MR) is 108 cm³/mol. The van der Waals surface area contributed by atoms with Gasteiger partial charge in [-0.05, 0) is 50.1 Å². The molecule has 0 aliphatic heterocycles. The number of rotatable bonds is 5. The van der Waals surface area contributed by atoms with Crippen LogP contribution >= 0.6 is 7.14 Å². The summed E-state index contributed by atoms with van der Waals surface area (Å²) in [6, 6.07) is 7.77. The van der Waals surface area contributed by atoms with E-state index in [0.717, 1.165) is 0 Å². The minimum Gasteiger partial charge on any atom is -0.508 e. The molecule has 28 heavy (non-hydrogen) atoms. The fourth-order valence-corrected chi connectivity index (χ4v) is 3.82. The van der Waals surface area contributed by atoms with Crippen LogP contribution in [0.4, 0.5) is 10.2 Å². The minimum atomic E-state index is -2.80. The summed E-state index contributed by atoms with van der Waals surface area (Å²) in [4.78, 5) is 10.6. The Morgan fingerprint density at radius 1 is 1.21 bits per heavy atom. The maximum Gasteiger partial charge on any atom is 0.564 e. The van der Waals surface area contributed by atoms with E-state index >= 15 is 4.39 Å². The van der Waals surface area contributed by atoms with Crippen molar-refractivity contribution < 1.29 is 23.4 Å². The Bertz CT molecular complexity index is 1140. The molecular formula is C18H18BFN3O4P. The summed E-state index contributed by atoms with van der Waals surface area (Å²) in [5.74, 6) is -0.526. The number of hydrogen-bond acceptors (Lipinski definition) is 7. The van der Waals surface area contributed by atoms with Gasteiger partial charge in [0.05, 0.1) is 5.69 Å². The number of carbonyl (C=O) groups excluding carboxylic acids is 1. The van der Waals surface area contributed by atoms with Crippen LogP contribution in [0, 0.1) is 12.7 Å². The van der Waals surface area contributed by atoms with Gasteiger partial charge in [0, 0.05) is 27.1 Å². The summed E-state index contributed by atoms with van der Waals surface area (Å²) < 4.78 is 32.3. The van der Waals surface area contributed by atoms with Gasteiger partial charge in [-0.3, -0.25) is 4.79 Å². The fourth-order valence-electron chi connectivity index (χ4n) is 2.93. The lowest BCUT2D eigenvalue weighted by molar-refractivity contribution is -0.121. The predicted octanol–water partition coefficient (Wildman–Crippen LogP) is 1.44. The van der Waals surface area contributed by atoms with E-state index in [0.29, 0.717) is 27.3 Å². The van der Waals surface area contributed by atoms with Crippen molar-refractivity contribution in [3.63, 3.8) is 0 Å². The van der Waals surface area contributed by atoms with Crippen molar-refractivity contribution >= 4 is 48.1 Å². The first-order chi connectivity index (χ1) is 13.1. The van der Waals surface area contributed by atoms with E-state index < -0.39 is 20.1 Å². The number of hydrogen-bond donors (Lipinski definition) is 2. The van der Waals surface area contributed by atoms with Crippen LogP contribution in [0.3, 0.4) is 0 Å². The van der Waals surface area contributed by atoms with Gasteiger partial charge in [0.25, 0.3) is 6.47 Å². The van der Waals surface area contributed by atoms with Crippen LogP contribution < -0.4 is 16.5 Å². The lowest BCUT2D eigenvalue weighted by Crippen LogP contribution is -2.38. The van der Waals surface area contributed by atoms with E-state index in [1.54, 1.807) is 25.1 Å². The van der Waals surface area contributed by atoms with Gasteiger partial charge < -0.3 is 20.0 Å². The van der Waals surface area contributed by atoms with E-state index in [2.05, 4.69) is 14.9 Å². The van der Waals surface area contributed by atoms with E-state index in [1.807, 2.05) is 0 Å². The highest BCUT2D eigenvalue weighted by atomic mass is 31.2. The SMILES string of the molecule is Cc1nnc(N)c2ccc(-c3cc(P(C)(C)=O)cc(B(O)OC=O)c3F)cc12. The topological polar surface area (TPSA) is 115 Å². The number of benzene rings is 2. The molecule has 0 amide bonds. The highest BCUT2D eigenvalue weighted by molar-refractivity contribution is 7.70. The molecule has 7 nitrogen and oxygen atoms in total. The van der Waals surface area contributed by atoms with Crippen molar-refractivity contribution in [2.45, 2.75) is 6.92 Å². The Kier molecular flexibility index (Phi) is 5.23. The first-order valence-corrected chi connectivity index (χ1v) is 10.9. The molecule has 10 heteroatoms. The van der Waals surface area contributed by atoms with E-state index in [1.165, 1.54) is 25.5 Å². The number of anilines is 1. The third-order valence-electron chi connectivity index (χ3n) is 4.46. The van der Waals surface area contributed by atoms with E-state index in [9.17, 15) is 14.4 Å². The zero-order valence-electron chi connectivity index (χ0n) is 15.5. The molecule has 0 saturated heterocycles. The smallest absolute Gasteiger partial charge is 0.508 e. The lowest BCUT2D eigenvalue weighted by Gasteiger charge is -2.16. The molecule has 0 spiro atoms. The quantitative estimate of drug-likeness (QED) is 0.378. The van der Waals surface area contributed by atoms with Crippen molar-refractivity contribution in [3.8, 4) is 11.1 Å². The molecule has 1 heterocycles. The minimum absolute atomic E-state index is 0.0226. The van der Waals surface area contributed by atoms with Gasteiger partial charge in [-0.15, -0.1) is 5.10 Å². The van der Waals surface area contributed by atoms with Crippen molar-refractivity contribution in [2.75, 3.05) is 19.1 Å². The van der Waals surface area contributed by atoms with Crippen LogP contribution in [0.2, 0.25) is 0 Å². The van der Waals surface area contributed by atoms with Crippen LogP contribution in [-0.4, -0.2) is 42.1 Å². The first-order valence-electron chi connectivity index (χ1n) is 8.32. The average Bonchev–Trinajstić information content (AvgIpc) is 2.64. The first kappa shape index (κ1) is 20.0. The van der Waals surface area contributed by atoms with Gasteiger partial charge in [0.2, 0.25) is 0 Å². The van der Waals surface area contributed by atoms with Gasteiger partial charge >= 0.3 is 7.12 Å². The van der Waals surface area contributed by atoms with Gasteiger partial charge in [0.1, 0.15) is 13.0 Å². The maximum absolute atomic E-state index is 15.2. The van der Waals surface area contributed by atoms with E-state index in [4.69, 9.17) is 5.73 Å². The molecular weight excluding hydrogens is 383 g/mol. The number of aromatic nitrogens is 2. The van der Waals surface area contributed by atoms with E-state index in [-0.39, 0.29) is 23.3 Å². The number of fused-ring (bicyclic) bond motifs is 1. The zero-order chi connectivity index (χ0) is 20.6. The van der Waals surface area contributed by atoms with Crippen molar-refractivity contribution in [1.29, 1.82) is 0 Å². The van der Waals surface area contributed by atoms with Crippen molar-refractivity contribution in [3.05, 3.63) is 41.8 Å². The summed E-state index contributed by atoms with van der Waals surface area (Å²) >= 11 is 0. The van der Waals surface area contributed by atoms with Crippen molar-refractivity contribution in [1.82, 2.24) is 10.2 Å². The van der Waals surface area contributed by atoms with Crippen LogP contribution in [0.1, 0.15) is 5.69 Å². The standard InChI is InChI=1S/C18H18BFN3O4P/c1-10-14-6-11(4-5-13(14)18(21)23-22-10)15-7-12(28(2,3)26)8-16(17(15)20)19(25)27-9-24/h4-9,25H,1-3H3,(H2,21,23). The van der Waals surface area contributed by atoms with Crippen molar-refractivity contribution in [2.24, 2.45) is 0 Å². The molecule has 2 aromatic carbocycles. The number of carbonyl (C=O) groups is 1. The summed E-state index contributed by atoms with van der Waals surface area (Å²) in [6.07, 6.45) is 0. The summed E-state index contributed by atoms with van der Waals surface area (Å²) in [5.41, 5.74) is 6.78. The lowest BCUT2D eigenvalue weighted by atomic mass is 9.77. The van der Waals surface area contributed by atoms with Crippen LogP contribution in [0.15, 0.2) is 30.3 Å². The second-order valence-electron chi connectivity index (χ2n) is 6.76. The largest absolute Gasteiger partial charge is 0.564 e. The Labute approximate surface area is 161 Å². The van der Waals surface area contributed by atoms with Crippen LogP contribution in [0.25, 0.3) is 21.9 Å². The molecule has 3 rings (SSSR count). The molecule has 0 bridgehead atoms. The number of nitrogens with zero attached hydrogens (tertiary/aromatic N) is 2. The van der Waals surface area contributed by atoms with Crippen LogP contribution in [-0.2, 0) is 14.0 Å². The molecule has 0 unspecified atom stereocenters. The van der Waals surface area contributed by atoms with Gasteiger partial charge in [-0.2, -0.15) is 5.10 Å². The highest BCUT2D eigenvalue weighted by Crippen LogP contribution is 2.37. The normalized spacial score (nSPS) is 11.5. The molecule has 1 aromatic heterocycles. The second-order valence-corrected chi connectivity index (χ2v) is 9.98. The maximum atomic E-state index is 15.2. The Morgan fingerprint density at radius 2 is 1.93 bits per heavy atom. The molecule has 3 N–H and O–H groups in total. The number of nitrogen functional groups attached to an aromatic ring is 1. The zero-order valence-corrected chi connectivity index (χ0v) is 16.4. The molecule has 0 radical (unpaired) electrons. The molecule has 0 fully saturated rings. The monoisotopic (exact) mass is 401 g/mol. The molecule has 3 aromatic rings. The molecule has 0 aliphatic rings. The third kappa shape index (κ3) is 3.63. The molecule has 144 valence electrons. The van der Waals surface area contributed by atoms with Crippen LogP contribution in [0.5, 0.6) is 0 Å². The summed E-state index contributed by atoms with van der Waals surface area (Å²) in [6.45, 7) is 4.84. The highest BCUT2D eigenvalue weighted by Gasteiger charge is 2.28. The summed E-state index contributed by atoms with van der Waals surface area (Å²) in [5, 5.41) is 19.6. The third-order valence-corrected chi connectivity index (χ3v) is 5.96. The fraction of sp³-hybridized carbons (Fsp3) is 0.167. The average molecular weight is 401 g/mol. The molecule has 0 aliphatic carbocycles. The van der Waals surface area contributed by atoms with Gasteiger partial charge in [-0.25, -0.2) is 4.39 Å². The number of nitrogens with two attached hydrogens (primary N) is 1. The number of halogens is 1. The number of aryl methyl sites for hydroxylation is 1. The Balaban J connectivity index is 2.30. The Morgan fingerprint density at radius 3 is 2.57 bits per heavy atom. The van der Waals surface area contributed by atoms with Gasteiger partial charge in [-0.1, -0.05) is 6.07 Å².